The molecule has 1 atom stereocenters. The van der Waals surface area contributed by atoms with Crippen LogP contribution in [0.25, 0.3) is 10.1 Å². The average Bonchev–Trinajstić information content (AvgIpc) is 2.85. The average molecular weight is 299 g/mol. The maximum Gasteiger partial charge on any atom is 0.123 e. The van der Waals surface area contributed by atoms with E-state index in [4.69, 9.17) is 0 Å². The van der Waals surface area contributed by atoms with E-state index in [1.54, 1.807) is 23.5 Å². The summed E-state index contributed by atoms with van der Waals surface area (Å²) in [5, 5.41) is 4.64. The number of fused-ring (bicyclic) bond motifs is 1. The lowest BCUT2D eigenvalue weighted by Crippen LogP contribution is -2.19. The Balaban J connectivity index is 2.14. The highest BCUT2D eigenvalue weighted by Gasteiger charge is 2.19. The number of hydrogen-bond donors (Lipinski definition) is 1. The summed E-state index contributed by atoms with van der Waals surface area (Å²) in [6.07, 6.45) is 0. The van der Waals surface area contributed by atoms with Crippen LogP contribution in [0.1, 0.15) is 27.6 Å². The fraction of sp³-hybridized carbons (Fsp3) is 0.222. The number of benzene rings is 2. The van der Waals surface area contributed by atoms with Crippen LogP contribution in [0, 0.1) is 19.7 Å². The SMILES string of the molecule is CNC(c1cc2ccccc2s1)c1c(C)cc(F)cc1C. The second-order valence-electron chi connectivity index (χ2n) is 5.36. The number of thiophene rings is 1. The Morgan fingerprint density at radius 2 is 1.71 bits per heavy atom. The van der Waals surface area contributed by atoms with Crippen LogP contribution in [0.15, 0.2) is 42.5 Å². The fourth-order valence-electron chi connectivity index (χ4n) is 2.95. The van der Waals surface area contributed by atoms with Crippen LogP contribution in [0.2, 0.25) is 0 Å². The summed E-state index contributed by atoms with van der Waals surface area (Å²) in [5.41, 5.74) is 3.15. The molecule has 0 aliphatic heterocycles. The minimum Gasteiger partial charge on any atom is -0.309 e. The molecule has 0 amide bonds. The van der Waals surface area contributed by atoms with E-state index in [0.29, 0.717) is 0 Å². The van der Waals surface area contributed by atoms with Crippen molar-refractivity contribution in [1.82, 2.24) is 5.32 Å². The van der Waals surface area contributed by atoms with Gasteiger partial charge in [0.1, 0.15) is 5.82 Å². The Bertz CT molecular complexity index is 735. The summed E-state index contributed by atoms with van der Waals surface area (Å²) < 4.78 is 14.8. The molecule has 0 spiro atoms. The molecule has 1 unspecified atom stereocenters. The highest BCUT2D eigenvalue weighted by Crippen LogP contribution is 2.35. The molecule has 1 aromatic heterocycles. The molecule has 0 saturated heterocycles. The third kappa shape index (κ3) is 2.59. The first-order valence-corrected chi connectivity index (χ1v) is 7.84. The number of nitrogens with one attached hydrogen (secondary N) is 1. The van der Waals surface area contributed by atoms with Crippen LogP contribution in [-0.4, -0.2) is 7.05 Å². The predicted molar refractivity (Wildman–Crippen MR) is 88.6 cm³/mol. The third-order valence-corrected chi connectivity index (χ3v) is 5.05. The molecule has 1 nitrogen and oxygen atoms in total. The van der Waals surface area contributed by atoms with Crippen molar-refractivity contribution < 1.29 is 4.39 Å². The van der Waals surface area contributed by atoms with E-state index in [1.165, 1.54) is 20.5 Å². The predicted octanol–water partition coefficient (Wildman–Crippen LogP) is 4.97. The number of aryl methyl sites for hydroxylation is 2. The Morgan fingerprint density at radius 3 is 2.33 bits per heavy atom. The Hall–Kier alpha value is -1.71. The van der Waals surface area contributed by atoms with Gasteiger partial charge in [0.05, 0.1) is 6.04 Å². The molecule has 0 bridgehead atoms. The first-order chi connectivity index (χ1) is 10.1. The summed E-state index contributed by atoms with van der Waals surface area (Å²) >= 11 is 1.79. The largest absolute Gasteiger partial charge is 0.309 e. The molecule has 2 aromatic carbocycles. The van der Waals surface area contributed by atoms with Crippen LogP contribution in [0.4, 0.5) is 4.39 Å². The molecule has 108 valence electrons. The lowest BCUT2D eigenvalue weighted by molar-refractivity contribution is 0.619. The fourth-order valence-corrected chi connectivity index (χ4v) is 4.14. The number of halogens is 1. The lowest BCUT2D eigenvalue weighted by atomic mass is 9.95. The molecular weight excluding hydrogens is 281 g/mol. The second-order valence-corrected chi connectivity index (χ2v) is 6.48. The normalized spacial score (nSPS) is 12.8. The molecule has 0 saturated carbocycles. The van der Waals surface area contributed by atoms with E-state index in [-0.39, 0.29) is 11.9 Å². The number of hydrogen-bond acceptors (Lipinski definition) is 2. The van der Waals surface area contributed by atoms with Crippen molar-refractivity contribution in [3.8, 4) is 0 Å². The van der Waals surface area contributed by atoms with Gasteiger partial charge in [-0.3, -0.25) is 0 Å². The Labute approximate surface area is 128 Å². The molecule has 1 N–H and O–H groups in total. The van der Waals surface area contributed by atoms with Crippen molar-refractivity contribution in [1.29, 1.82) is 0 Å². The van der Waals surface area contributed by atoms with Gasteiger partial charge in [0.2, 0.25) is 0 Å². The van der Waals surface area contributed by atoms with Crippen molar-refractivity contribution in [3.05, 3.63) is 69.8 Å². The van der Waals surface area contributed by atoms with Crippen molar-refractivity contribution in [2.75, 3.05) is 7.05 Å². The van der Waals surface area contributed by atoms with Gasteiger partial charge in [-0.2, -0.15) is 0 Å². The first kappa shape index (κ1) is 14.2. The van der Waals surface area contributed by atoms with E-state index < -0.39 is 0 Å². The molecule has 3 aromatic rings. The van der Waals surface area contributed by atoms with Gasteiger partial charge in [0.25, 0.3) is 0 Å². The zero-order valence-corrected chi connectivity index (χ0v) is 13.2. The van der Waals surface area contributed by atoms with Crippen LogP contribution in [-0.2, 0) is 0 Å². The Morgan fingerprint density at radius 1 is 1.05 bits per heavy atom. The van der Waals surface area contributed by atoms with Crippen LogP contribution in [0.3, 0.4) is 0 Å². The molecule has 0 radical (unpaired) electrons. The van der Waals surface area contributed by atoms with Gasteiger partial charge in [-0.1, -0.05) is 18.2 Å². The van der Waals surface area contributed by atoms with Gasteiger partial charge in [0.15, 0.2) is 0 Å². The summed E-state index contributed by atoms with van der Waals surface area (Å²) in [7, 11) is 1.96. The molecule has 1 heterocycles. The van der Waals surface area contributed by atoms with Crippen molar-refractivity contribution >= 4 is 21.4 Å². The molecule has 21 heavy (non-hydrogen) atoms. The molecule has 0 aliphatic carbocycles. The molecule has 3 rings (SSSR count). The standard InChI is InChI=1S/C18H18FNS/c1-11-8-14(19)9-12(2)17(11)18(20-3)16-10-13-6-4-5-7-15(13)21-16/h4-10,18,20H,1-3H3. The highest BCUT2D eigenvalue weighted by atomic mass is 32.1. The summed E-state index contributed by atoms with van der Waals surface area (Å²) in [5.74, 6) is -0.167. The van der Waals surface area contributed by atoms with E-state index in [1.807, 2.05) is 20.9 Å². The van der Waals surface area contributed by atoms with Gasteiger partial charge in [0, 0.05) is 9.58 Å². The highest BCUT2D eigenvalue weighted by molar-refractivity contribution is 7.19. The first-order valence-electron chi connectivity index (χ1n) is 7.02. The van der Waals surface area contributed by atoms with Crippen molar-refractivity contribution in [3.63, 3.8) is 0 Å². The van der Waals surface area contributed by atoms with Gasteiger partial charge in [-0.25, -0.2) is 4.39 Å². The van der Waals surface area contributed by atoms with Crippen LogP contribution >= 0.6 is 11.3 Å². The monoisotopic (exact) mass is 299 g/mol. The smallest absolute Gasteiger partial charge is 0.123 e. The quantitative estimate of drug-likeness (QED) is 0.720. The summed E-state index contributed by atoms with van der Waals surface area (Å²) in [6.45, 7) is 3.95. The minimum absolute atomic E-state index is 0.1000. The van der Waals surface area contributed by atoms with E-state index >= 15 is 0 Å². The number of rotatable bonds is 3. The minimum atomic E-state index is -0.167. The molecular formula is C18H18FNS. The molecule has 0 fully saturated rings. The van der Waals surface area contributed by atoms with Gasteiger partial charge in [-0.15, -0.1) is 11.3 Å². The topological polar surface area (TPSA) is 12.0 Å². The zero-order chi connectivity index (χ0) is 15.0. The summed E-state index contributed by atoms with van der Waals surface area (Å²) in [4.78, 5) is 1.26. The van der Waals surface area contributed by atoms with Crippen molar-refractivity contribution in [2.45, 2.75) is 19.9 Å². The Kier molecular flexibility index (Phi) is 3.79. The third-order valence-electron chi connectivity index (χ3n) is 3.86. The van der Waals surface area contributed by atoms with Crippen LogP contribution < -0.4 is 5.32 Å². The van der Waals surface area contributed by atoms with E-state index in [2.05, 4.69) is 35.6 Å². The van der Waals surface area contributed by atoms with Crippen LogP contribution in [0.5, 0.6) is 0 Å². The van der Waals surface area contributed by atoms with E-state index in [0.717, 1.165) is 11.1 Å². The molecule has 0 aliphatic rings. The summed E-state index contributed by atoms with van der Waals surface area (Å²) in [6, 6.07) is 13.9. The maximum atomic E-state index is 13.5. The van der Waals surface area contributed by atoms with Gasteiger partial charge in [-0.05, 0) is 67.2 Å². The van der Waals surface area contributed by atoms with Gasteiger partial charge < -0.3 is 5.32 Å². The van der Waals surface area contributed by atoms with Gasteiger partial charge >= 0.3 is 0 Å². The van der Waals surface area contributed by atoms with E-state index in [9.17, 15) is 4.39 Å². The zero-order valence-electron chi connectivity index (χ0n) is 12.4. The maximum absolute atomic E-state index is 13.5. The molecule has 3 heteroatoms. The second kappa shape index (κ2) is 5.58. The lowest BCUT2D eigenvalue weighted by Gasteiger charge is -2.20. The van der Waals surface area contributed by atoms with Crippen molar-refractivity contribution in [2.24, 2.45) is 0 Å².